The molecule has 0 aromatic heterocycles. The Balaban J connectivity index is 1.51. The average Bonchev–Trinajstić information content (AvgIpc) is 2.69. The van der Waals surface area contributed by atoms with Gasteiger partial charge in [-0.2, -0.15) is 5.26 Å². The summed E-state index contributed by atoms with van der Waals surface area (Å²) in [6, 6.07) is 14.4. The Labute approximate surface area is 166 Å². The van der Waals surface area contributed by atoms with Crippen molar-refractivity contribution in [3.05, 3.63) is 70.0 Å². The number of nitriles is 1. The minimum atomic E-state index is -0.363. The normalized spacial score (nSPS) is 14.9. The highest BCUT2D eigenvalue weighted by Gasteiger charge is 2.20. The van der Waals surface area contributed by atoms with Crippen LogP contribution < -0.4 is 10.2 Å². The van der Waals surface area contributed by atoms with Crippen LogP contribution in [0.5, 0.6) is 0 Å². The summed E-state index contributed by atoms with van der Waals surface area (Å²) >= 11 is 3.29. The molecule has 0 unspecified atom stereocenters. The number of amides is 1. The highest BCUT2D eigenvalue weighted by molar-refractivity contribution is 9.10. The van der Waals surface area contributed by atoms with Crippen molar-refractivity contribution in [1.29, 1.82) is 5.26 Å². The molecule has 4 nitrogen and oxygen atoms in total. The van der Waals surface area contributed by atoms with Crippen LogP contribution in [0.3, 0.4) is 0 Å². The third kappa shape index (κ3) is 5.18. The third-order valence-electron chi connectivity index (χ3n) is 4.58. The number of halogens is 2. The molecule has 1 saturated heterocycles. The zero-order chi connectivity index (χ0) is 19.2. The molecule has 27 heavy (non-hydrogen) atoms. The lowest BCUT2D eigenvalue weighted by molar-refractivity contribution is -0.117. The summed E-state index contributed by atoms with van der Waals surface area (Å²) in [7, 11) is 0. The standard InChI is InChI=1S/C21H19BrFN3O/c22-17-4-7-20(23)16(13-17)3-8-21(27)25-18-9-11-26(12-10-18)19-5-1-15(14-24)2-6-19/h1-8,13,18H,9-12H2,(H,25,27)/b8-3+. The van der Waals surface area contributed by atoms with Gasteiger partial charge in [0, 0.05) is 40.9 Å². The molecule has 1 amide bonds. The molecule has 0 bridgehead atoms. The van der Waals surface area contributed by atoms with Gasteiger partial charge >= 0.3 is 0 Å². The summed E-state index contributed by atoms with van der Waals surface area (Å²) in [5.41, 5.74) is 2.11. The Morgan fingerprint density at radius 2 is 1.93 bits per heavy atom. The zero-order valence-electron chi connectivity index (χ0n) is 14.7. The van der Waals surface area contributed by atoms with E-state index in [-0.39, 0.29) is 17.8 Å². The topological polar surface area (TPSA) is 56.1 Å². The maximum atomic E-state index is 13.7. The molecule has 2 aromatic rings. The number of hydrogen-bond donors (Lipinski definition) is 1. The van der Waals surface area contributed by atoms with Gasteiger partial charge in [-0.25, -0.2) is 4.39 Å². The van der Waals surface area contributed by atoms with Crippen LogP contribution in [0.1, 0.15) is 24.0 Å². The SMILES string of the molecule is N#Cc1ccc(N2CCC(NC(=O)/C=C/c3cc(Br)ccc3F)CC2)cc1. The molecule has 1 N–H and O–H groups in total. The molecular weight excluding hydrogens is 409 g/mol. The van der Waals surface area contributed by atoms with Crippen LogP contribution in [-0.2, 0) is 4.79 Å². The number of carbonyl (C=O) groups excluding carboxylic acids is 1. The highest BCUT2D eigenvalue weighted by Crippen LogP contribution is 2.21. The van der Waals surface area contributed by atoms with Crippen molar-refractivity contribution in [1.82, 2.24) is 5.32 Å². The van der Waals surface area contributed by atoms with Crippen LogP contribution in [0, 0.1) is 17.1 Å². The lowest BCUT2D eigenvalue weighted by Crippen LogP contribution is -2.44. The fourth-order valence-electron chi connectivity index (χ4n) is 3.09. The smallest absolute Gasteiger partial charge is 0.244 e. The van der Waals surface area contributed by atoms with E-state index in [1.165, 1.54) is 18.2 Å². The largest absolute Gasteiger partial charge is 0.371 e. The van der Waals surface area contributed by atoms with Gasteiger partial charge in [0.15, 0.2) is 0 Å². The average molecular weight is 428 g/mol. The van der Waals surface area contributed by atoms with Gasteiger partial charge in [0.25, 0.3) is 0 Å². The first-order chi connectivity index (χ1) is 13.0. The van der Waals surface area contributed by atoms with Crippen molar-refractivity contribution in [3.63, 3.8) is 0 Å². The Morgan fingerprint density at radius 3 is 2.59 bits per heavy atom. The molecule has 3 rings (SSSR count). The van der Waals surface area contributed by atoms with E-state index < -0.39 is 0 Å². The quantitative estimate of drug-likeness (QED) is 0.741. The van der Waals surface area contributed by atoms with Crippen LogP contribution in [-0.4, -0.2) is 25.0 Å². The minimum Gasteiger partial charge on any atom is -0.371 e. The monoisotopic (exact) mass is 427 g/mol. The van der Waals surface area contributed by atoms with Gasteiger partial charge in [-0.15, -0.1) is 0 Å². The Bertz CT molecular complexity index is 881. The van der Waals surface area contributed by atoms with Gasteiger partial charge < -0.3 is 10.2 Å². The van der Waals surface area contributed by atoms with Gasteiger partial charge in [-0.1, -0.05) is 15.9 Å². The van der Waals surface area contributed by atoms with Gasteiger partial charge in [0.05, 0.1) is 11.6 Å². The Hall–Kier alpha value is -2.65. The lowest BCUT2D eigenvalue weighted by Gasteiger charge is -2.33. The molecule has 1 heterocycles. The van der Waals surface area contributed by atoms with E-state index in [0.29, 0.717) is 11.1 Å². The lowest BCUT2D eigenvalue weighted by atomic mass is 10.0. The first-order valence-corrected chi connectivity index (χ1v) is 9.53. The number of anilines is 1. The van der Waals surface area contributed by atoms with Crippen LogP contribution in [0.15, 0.2) is 53.0 Å². The van der Waals surface area contributed by atoms with Gasteiger partial charge in [-0.05, 0) is 61.4 Å². The molecule has 6 heteroatoms. The predicted molar refractivity (Wildman–Crippen MR) is 108 cm³/mol. The van der Waals surface area contributed by atoms with Crippen molar-refractivity contribution >= 4 is 33.6 Å². The summed E-state index contributed by atoms with van der Waals surface area (Å²) < 4.78 is 14.5. The number of piperidine rings is 1. The van der Waals surface area contributed by atoms with Crippen LogP contribution >= 0.6 is 15.9 Å². The van der Waals surface area contributed by atoms with Crippen molar-refractivity contribution in [3.8, 4) is 6.07 Å². The first kappa shape index (κ1) is 19.1. The summed E-state index contributed by atoms with van der Waals surface area (Å²) in [6.45, 7) is 1.67. The van der Waals surface area contributed by atoms with Crippen molar-refractivity contribution in [2.24, 2.45) is 0 Å². The second-order valence-electron chi connectivity index (χ2n) is 6.43. The van der Waals surface area contributed by atoms with Crippen LogP contribution in [0.2, 0.25) is 0 Å². The van der Waals surface area contributed by atoms with Crippen molar-refractivity contribution in [2.75, 3.05) is 18.0 Å². The van der Waals surface area contributed by atoms with E-state index in [4.69, 9.17) is 5.26 Å². The molecule has 2 aromatic carbocycles. The molecular formula is C21H19BrFN3O. The van der Waals surface area contributed by atoms with Gasteiger partial charge in [0.2, 0.25) is 5.91 Å². The van der Waals surface area contributed by atoms with Crippen LogP contribution in [0.4, 0.5) is 10.1 Å². The molecule has 0 saturated carbocycles. The van der Waals surface area contributed by atoms with Gasteiger partial charge in [0.1, 0.15) is 5.82 Å². The fourth-order valence-corrected chi connectivity index (χ4v) is 3.46. The first-order valence-electron chi connectivity index (χ1n) is 8.74. The minimum absolute atomic E-state index is 0.101. The van der Waals surface area contributed by atoms with Crippen molar-refractivity contribution < 1.29 is 9.18 Å². The maximum Gasteiger partial charge on any atom is 0.244 e. The summed E-state index contributed by atoms with van der Waals surface area (Å²) in [4.78, 5) is 14.4. The van der Waals surface area contributed by atoms with E-state index in [1.54, 1.807) is 12.1 Å². The summed E-state index contributed by atoms with van der Waals surface area (Å²) in [5.74, 6) is -0.579. The molecule has 0 spiro atoms. The predicted octanol–water partition coefficient (Wildman–Crippen LogP) is 4.26. The van der Waals surface area contributed by atoms with E-state index in [9.17, 15) is 9.18 Å². The van der Waals surface area contributed by atoms with E-state index >= 15 is 0 Å². The number of carbonyl (C=O) groups is 1. The van der Waals surface area contributed by atoms with E-state index in [2.05, 4.69) is 32.2 Å². The molecule has 0 radical (unpaired) electrons. The molecule has 138 valence electrons. The molecule has 1 aliphatic heterocycles. The molecule has 1 aliphatic rings. The number of rotatable bonds is 4. The zero-order valence-corrected chi connectivity index (χ0v) is 16.2. The third-order valence-corrected chi connectivity index (χ3v) is 5.07. The number of benzene rings is 2. The summed E-state index contributed by atoms with van der Waals surface area (Å²) in [6.07, 6.45) is 4.54. The Morgan fingerprint density at radius 1 is 1.22 bits per heavy atom. The second-order valence-corrected chi connectivity index (χ2v) is 7.34. The highest BCUT2D eigenvalue weighted by atomic mass is 79.9. The Kier molecular flexibility index (Phi) is 6.25. The fraction of sp³-hybridized carbons (Fsp3) is 0.238. The maximum absolute atomic E-state index is 13.7. The van der Waals surface area contributed by atoms with Crippen LogP contribution in [0.25, 0.3) is 6.08 Å². The summed E-state index contributed by atoms with van der Waals surface area (Å²) in [5, 5.41) is 11.9. The molecule has 1 fully saturated rings. The molecule has 0 atom stereocenters. The number of hydrogen-bond acceptors (Lipinski definition) is 3. The van der Waals surface area contributed by atoms with Gasteiger partial charge in [-0.3, -0.25) is 4.79 Å². The molecule has 0 aliphatic carbocycles. The second kappa shape index (κ2) is 8.83. The number of nitrogens with one attached hydrogen (secondary N) is 1. The number of nitrogens with zero attached hydrogens (tertiary/aromatic N) is 2. The van der Waals surface area contributed by atoms with E-state index in [1.807, 2.05) is 24.3 Å². The van der Waals surface area contributed by atoms with E-state index in [0.717, 1.165) is 36.1 Å². The van der Waals surface area contributed by atoms with Crippen molar-refractivity contribution in [2.45, 2.75) is 18.9 Å².